The van der Waals surface area contributed by atoms with E-state index in [1.807, 2.05) is 0 Å². The highest BCUT2D eigenvalue weighted by Crippen LogP contribution is 2.27. The Bertz CT molecular complexity index is 326. The number of rotatable bonds is 1. The van der Waals surface area contributed by atoms with Crippen molar-refractivity contribution < 1.29 is 0 Å². The van der Waals surface area contributed by atoms with E-state index in [4.69, 9.17) is 0 Å². The van der Waals surface area contributed by atoms with Crippen LogP contribution in [0.1, 0.15) is 30.3 Å². The maximum absolute atomic E-state index is 11.0. The van der Waals surface area contributed by atoms with Gasteiger partial charge in [-0.2, -0.15) is 0 Å². The van der Waals surface area contributed by atoms with Crippen molar-refractivity contribution in [2.75, 3.05) is 0 Å². The Morgan fingerprint density at radius 2 is 2.50 bits per heavy atom. The van der Waals surface area contributed by atoms with Gasteiger partial charge in [-0.05, 0) is 25.2 Å². The predicted octanol–water partition coefficient (Wildman–Crippen LogP) is 1.95. The first-order chi connectivity index (χ1) is 5.79. The van der Waals surface area contributed by atoms with Crippen LogP contribution in [0.25, 0.3) is 0 Å². The predicted molar refractivity (Wildman–Crippen MR) is 50.7 cm³/mol. The van der Waals surface area contributed by atoms with Gasteiger partial charge in [0, 0.05) is 10.6 Å². The first kappa shape index (κ1) is 8.05. The lowest BCUT2D eigenvalue weighted by Crippen LogP contribution is -2.11. The van der Waals surface area contributed by atoms with Crippen molar-refractivity contribution in [3.8, 4) is 0 Å². The fraction of sp³-hybridized carbons (Fsp3) is 0.667. The van der Waals surface area contributed by atoms with Crippen molar-refractivity contribution in [3.05, 3.63) is 20.2 Å². The number of aromatic nitrogens is 1. The Balaban J connectivity index is 2.28. The summed E-state index contributed by atoms with van der Waals surface area (Å²) in [6.07, 6.45) is 4.68. The molecule has 1 aromatic rings. The molecule has 1 unspecified atom stereocenters. The Kier molecular flexibility index (Phi) is 2.05. The van der Waals surface area contributed by atoms with Crippen LogP contribution in [0.3, 0.4) is 0 Å². The quantitative estimate of drug-likeness (QED) is 0.709. The van der Waals surface area contributed by atoms with E-state index in [2.05, 4.69) is 11.9 Å². The summed E-state index contributed by atoms with van der Waals surface area (Å²) < 4.78 is 0. The minimum Gasteiger partial charge on any atom is -0.316 e. The van der Waals surface area contributed by atoms with Crippen molar-refractivity contribution >= 4 is 11.3 Å². The van der Waals surface area contributed by atoms with Gasteiger partial charge in [0.25, 0.3) is 0 Å². The highest BCUT2D eigenvalue weighted by atomic mass is 32.1. The fourth-order valence-corrected chi connectivity index (χ4v) is 2.81. The lowest BCUT2D eigenvalue weighted by Gasteiger charge is -2.19. The van der Waals surface area contributed by atoms with Crippen molar-refractivity contribution in [2.45, 2.75) is 32.6 Å². The zero-order chi connectivity index (χ0) is 8.55. The van der Waals surface area contributed by atoms with Crippen LogP contribution in [0.4, 0.5) is 0 Å². The molecule has 0 aromatic carbocycles. The van der Waals surface area contributed by atoms with Gasteiger partial charge in [0.2, 0.25) is 0 Å². The molecule has 1 heterocycles. The number of fused-ring (bicyclic) bond motifs is 1. The molecule has 0 saturated heterocycles. The van der Waals surface area contributed by atoms with Gasteiger partial charge >= 0.3 is 4.87 Å². The van der Waals surface area contributed by atoms with Crippen LogP contribution >= 0.6 is 11.3 Å². The van der Waals surface area contributed by atoms with Gasteiger partial charge in [-0.15, -0.1) is 0 Å². The molecule has 0 aliphatic heterocycles. The molecule has 3 heteroatoms. The summed E-state index contributed by atoms with van der Waals surface area (Å²) in [6, 6.07) is 0. The van der Waals surface area contributed by atoms with Gasteiger partial charge in [0.1, 0.15) is 0 Å². The minimum absolute atomic E-state index is 0.122. The van der Waals surface area contributed by atoms with Crippen LogP contribution in [0.15, 0.2) is 4.79 Å². The van der Waals surface area contributed by atoms with Crippen molar-refractivity contribution in [1.29, 1.82) is 0 Å². The molecular weight excluding hydrogens is 170 g/mol. The zero-order valence-electron chi connectivity index (χ0n) is 7.22. The number of hydrogen-bond donors (Lipinski definition) is 1. The van der Waals surface area contributed by atoms with E-state index in [0.29, 0.717) is 0 Å². The molecular formula is C9H13NOS. The molecule has 12 heavy (non-hydrogen) atoms. The first-order valence-electron chi connectivity index (χ1n) is 4.50. The summed E-state index contributed by atoms with van der Waals surface area (Å²) in [5, 5.41) is 0. The number of H-pyrrole nitrogens is 1. The van der Waals surface area contributed by atoms with E-state index in [1.54, 1.807) is 0 Å². The van der Waals surface area contributed by atoms with Crippen molar-refractivity contribution in [1.82, 2.24) is 4.98 Å². The first-order valence-corrected chi connectivity index (χ1v) is 5.32. The van der Waals surface area contributed by atoms with E-state index in [-0.39, 0.29) is 4.87 Å². The highest BCUT2D eigenvalue weighted by molar-refractivity contribution is 7.09. The van der Waals surface area contributed by atoms with Crippen LogP contribution in [0, 0.1) is 5.92 Å². The van der Waals surface area contributed by atoms with Crippen LogP contribution in [0.2, 0.25) is 0 Å². The van der Waals surface area contributed by atoms with Gasteiger partial charge in [0.15, 0.2) is 0 Å². The van der Waals surface area contributed by atoms with Gasteiger partial charge in [-0.3, -0.25) is 4.79 Å². The SMILES string of the molecule is CCC1CCc2[nH]c(=O)sc2C1. The lowest BCUT2D eigenvalue weighted by molar-refractivity contribution is 0.446. The number of thiazole rings is 1. The second-order valence-corrected chi connectivity index (χ2v) is 4.50. The lowest BCUT2D eigenvalue weighted by atomic mass is 9.89. The average Bonchev–Trinajstić information content (AvgIpc) is 2.43. The summed E-state index contributed by atoms with van der Waals surface area (Å²) in [4.78, 5) is 15.3. The Hall–Kier alpha value is -0.570. The van der Waals surface area contributed by atoms with Gasteiger partial charge in [-0.1, -0.05) is 24.7 Å². The molecule has 0 amide bonds. The minimum atomic E-state index is 0.122. The molecule has 1 aliphatic carbocycles. The number of nitrogens with one attached hydrogen (secondary N) is 1. The molecule has 66 valence electrons. The third-order valence-electron chi connectivity index (χ3n) is 2.66. The average molecular weight is 183 g/mol. The topological polar surface area (TPSA) is 32.9 Å². The molecule has 1 aliphatic rings. The summed E-state index contributed by atoms with van der Waals surface area (Å²) in [5.74, 6) is 0.809. The maximum Gasteiger partial charge on any atom is 0.304 e. The summed E-state index contributed by atoms with van der Waals surface area (Å²) in [6.45, 7) is 2.23. The molecule has 0 bridgehead atoms. The summed E-state index contributed by atoms with van der Waals surface area (Å²) in [5.41, 5.74) is 1.20. The van der Waals surface area contributed by atoms with Gasteiger partial charge in [-0.25, -0.2) is 0 Å². The van der Waals surface area contributed by atoms with E-state index in [0.717, 1.165) is 18.8 Å². The van der Waals surface area contributed by atoms with Crippen LogP contribution in [-0.2, 0) is 12.8 Å². The van der Waals surface area contributed by atoms with E-state index in [1.165, 1.54) is 34.7 Å². The van der Waals surface area contributed by atoms with Crippen LogP contribution in [0.5, 0.6) is 0 Å². The molecule has 1 N–H and O–H groups in total. The molecule has 1 atom stereocenters. The molecule has 0 spiro atoms. The third-order valence-corrected chi connectivity index (χ3v) is 3.61. The molecule has 0 radical (unpaired) electrons. The summed E-state index contributed by atoms with van der Waals surface area (Å²) in [7, 11) is 0. The smallest absolute Gasteiger partial charge is 0.304 e. The standard InChI is InChI=1S/C9H13NOS/c1-2-6-3-4-7-8(5-6)12-9(11)10-7/h6H,2-5H2,1H3,(H,10,11). The molecule has 0 fully saturated rings. The Labute approximate surface area is 75.6 Å². The van der Waals surface area contributed by atoms with Crippen LogP contribution < -0.4 is 4.87 Å². The molecule has 0 saturated carbocycles. The largest absolute Gasteiger partial charge is 0.316 e. The number of hydrogen-bond acceptors (Lipinski definition) is 2. The second-order valence-electron chi connectivity index (χ2n) is 3.43. The number of aromatic amines is 1. The zero-order valence-corrected chi connectivity index (χ0v) is 8.04. The molecule has 1 aromatic heterocycles. The van der Waals surface area contributed by atoms with Crippen molar-refractivity contribution in [2.24, 2.45) is 5.92 Å². The summed E-state index contributed by atoms with van der Waals surface area (Å²) >= 11 is 1.40. The fourth-order valence-electron chi connectivity index (χ4n) is 1.82. The Morgan fingerprint density at radius 1 is 1.67 bits per heavy atom. The van der Waals surface area contributed by atoms with E-state index < -0.39 is 0 Å². The maximum atomic E-state index is 11.0. The van der Waals surface area contributed by atoms with Gasteiger partial charge in [0.05, 0.1) is 0 Å². The monoisotopic (exact) mass is 183 g/mol. The van der Waals surface area contributed by atoms with Crippen molar-refractivity contribution in [3.63, 3.8) is 0 Å². The van der Waals surface area contributed by atoms with E-state index in [9.17, 15) is 4.79 Å². The number of aryl methyl sites for hydroxylation is 1. The molecule has 2 rings (SSSR count). The normalized spacial score (nSPS) is 22.2. The third kappa shape index (κ3) is 1.33. The van der Waals surface area contributed by atoms with E-state index >= 15 is 0 Å². The molecule has 2 nitrogen and oxygen atoms in total. The highest BCUT2D eigenvalue weighted by Gasteiger charge is 2.19. The second kappa shape index (κ2) is 3.05. The van der Waals surface area contributed by atoms with Crippen LogP contribution in [-0.4, -0.2) is 4.98 Å². The Morgan fingerprint density at radius 3 is 3.25 bits per heavy atom. The van der Waals surface area contributed by atoms with Gasteiger partial charge < -0.3 is 4.98 Å².